The SMILES string of the molecule is CC(C)Cc1ccc(CN(CCC(=O)O)C2CC2)cc1. The second-order valence-electron chi connectivity index (χ2n) is 6.26. The number of carboxylic acid groups (broad SMARTS) is 1. The Morgan fingerprint density at radius 1 is 1.25 bits per heavy atom. The van der Waals surface area contributed by atoms with Crippen LogP contribution in [0.1, 0.15) is 44.2 Å². The van der Waals surface area contributed by atoms with Crippen LogP contribution in [0.4, 0.5) is 0 Å². The van der Waals surface area contributed by atoms with E-state index in [1.54, 1.807) is 0 Å². The number of carbonyl (C=O) groups is 1. The van der Waals surface area contributed by atoms with E-state index in [4.69, 9.17) is 5.11 Å². The summed E-state index contributed by atoms with van der Waals surface area (Å²) >= 11 is 0. The Labute approximate surface area is 121 Å². The first-order valence-corrected chi connectivity index (χ1v) is 7.58. The van der Waals surface area contributed by atoms with Crippen LogP contribution in [0, 0.1) is 5.92 Å². The number of rotatable bonds is 8. The van der Waals surface area contributed by atoms with E-state index in [1.807, 2.05) is 0 Å². The summed E-state index contributed by atoms with van der Waals surface area (Å²) in [5, 5.41) is 8.82. The lowest BCUT2D eigenvalue weighted by Crippen LogP contribution is -2.28. The first kappa shape index (κ1) is 15.0. The van der Waals surface area contributed by atoms with Gasteiger partial charge >= 0.3 is 5.97 Å². The maximum absolute atomic E-state index is 10.7. The Bertz CT molecular complexity index is 435. The lowest BCUT2D eigenvalue weighted by molar-refractivity contribution is -0.137. The van der Waals surface area contributed by atoms with Gasteiger partial charge in [-0.1, -0.05) is 38.1 Å². The van der Waals surface area contributed by atoms with Gasteiger partial charge in [-0.25, -0.2) is 0 Å². The standard InChI is InChI=1S/C17H25NO2/c1-13(2)11-14-3-5-15(6-4-14)12-18(16-7-8-16)10-9-17(19)20/h3-6,13,16H,7-12H2,1-2H3,(H,19,20). The molecule has 110 valence electrons. The van der Waals surface area contributed by atoms with Gasteiger partial charge in [0.25, 0.3) is 0 Å². The molecular weight excluding hydrogens is 250 g/mol. The second-order valence-corrected chi connectivity index (χ2v) is 6.26. The van der Waals surface area contributed by atoms with E-state index in [2.05, 4.69) is 43.0 Å². The molecule has 0 spiro atoms. The Balaban J connectivity index is 1.90. The van der Waals surface area contributed by atoms with Gasteiger partial charge in [0.15, 0.2) is 0 Å². The van der Waals surface area contributed by atoms with E-state index < -0.39 is 5.97 Å². The third kappa shape index (κ3) is 4.97. The van der Waals surface area contributed by atoms with Gasteiger partial charge in [0.05, 0.1) is 6.42 Å². The maximum atomic E-state index is 10.7. The molecule has 3 heteroatoms. The van der Waals surface area contributed by atoms with Gasteiger partial charge < -0.3 is 5.11 Å². The molecule has 0 aliphatic heterocycles. The predicted octanol–water partition coefficient (Wildman–Crippen LogP) is 3.32. The van der Waals surface area contributed by atoms with Gasteiger partial charge in [0, 0.05) is 19.1 Å². The molecule has 0 atom stereocenters. The van der Waals surface area contributed by atoms with E-state index in [0.717, 1.165) is 13.0 Å². The monoisotopic (exact) mass is 275 g/mol. The minimum atomic E-state index is -0.706. The van der Waals surface area contributed by atoms with Crippen LogP contribution in [0.2, 0.25) is 0 Å². The lowest BCUT2D eigenvalue weighted by Gasteiger charge is -2.21. The fraction of sp³-hybridized carbons (Fsp3) is 0.588. The molecule has 2 rings (SSSR count). The van der Waals surface area contributed by atoms with Crippen LogP contribution in [0.15, 0.2) is 24.3 Å². The molecule has 0 saturated heterocycles. The fourth-order valence-corrected chi connectivity index (χ4v) is 2.56. The first-order valence-electron chi connectivity index (χ1n) is 7.58. The van der Waals surface area contributed by atoms with E-state index in [1.165, 1.54) is 24.0 Å². The van der Waals surface area contributed by atoms with Gasteiger partial charge in [0.1, 0.15) is 0 Å². The Morgan fingerprint density at radius 2 is 1.85 bits per heavy atom. The molecule has 1 saturated carbocycles. The number of hydrogen-bond acceptors (Lipinski definition) is 2. The summed E-state index contributed by atoms with van der Waals surface area (Å²) in [6.45, 7) is 6.00. The summed E-state index contributed by atoms with van der Waals surface area (Å²) < 4.78 is 0. The molecule has 1 fully saturated rings. The van der Waals surface area contributed by atoms with Crippen LogP contribution >= 0.6 is 0 Å². The van der Waals surface area contributed by atoms with Crippen molar-refractivity contribution in [3.05, 3.63) is 35.4 Å². The highest BCUT2D eigenvalue weighted by Crippen LogP contribution is 2.28. The van der Waals surface area contributed by atoms with Crippen LogP contribution in [0.5, 0.6) is 0 Å². The van der Waals surface area contributed by atoms with Crippen molar-refractivity contribution >= 4 is 5.97 Å². The molecule has 0 bridgehead atoms. The third-order valence-electron chi connectivity index (χ3n) is 3.73. The first-order chi connectivity index (χ1) is 9.54. The van der Waals surface area contributed by atoms with Crippen molar-refractivity contribution in [3.63, 3.8) is 0 Å². The Kier molecular flexibility index (Phi) is 5.18. The topological polar surface area (TPSA) is 40.5 Å². The van der Waals surface area contributed by atoms with Gasteiger partial charge in [-0.15, -0.1) is 0 Å². The van der Waals surface area contributed by atoms with Gasteiger partial charge in [-0.05, 0) is 36.3 Å². The summed E-state index contributed by atoms with van der Waals surface area (Å²) in [7, 11) is 0. The second kappa shape index (κ2) is 6.89. The summed E-state index contributed by atoms with van der Waals surface area (Å²) in [5.41, 5.74) is 2.67. The number of aliphatic carboxylic acids is 1. The van der Waals surface area contributed by atoms with Crippen molar-refractivity contribution < 1.29 is 9.90 Å². The zero-order valence-corrected chi connectivity index (χ0v) is 12.5. The normalized spacial score (nSPS) is 15.0. The van der Waals surface area contributed by atoms with Crippen LogP contribution < -0.4 is 0 Å². The molecule has 1 aromatic carbocycles. The molecule has 3 nitrogen and oxygen atoms in total. The highest BCUT2D eigenvalue weighted by atomic mass is 16.4. The molecule has 1 aromatic rings. The van der Waals surface area contributed by atoms with Gasteiger partial charge in [-0.3, -0.25) is 9.69 Å². The van der Waals surface area contributed by atoms with Crippen LogP contribution in [-0.4, -0.2) is 28.6 Å². The van der Waals surface area contributed by atoms with Crippen molar-refractivity contribution in [2.24, 2.45) is 5.92 Å². The zero-order chi connectivity index (χ0) is 14.5. The minimum Gasteiger partial charge on any atom is -0.481 e. The number of carboxylic acids is 1. The Morgan fingerprint density at radius 3 is 2.35 bits per heavy atom. The molecule has 1 N–H and O–H groups in total. The summed E-state index contributed by atoms with van der Waals surface area (Å²) in [4.78, 5) is 13.0. The molecule has 0 radical (unpaired) electrons. The molecule has 0 amide bonds. The molecule has 0 aromatic heterocycles. The molecule has 20 heavy (non-hydrogen) atoms. The number of benzene rings is 1. The van der Waals surface area contributed by atoms with E-state index in [0.29, 0.717) is 18.5 Å². The maximum Gasteiger partial charge on any atom is 0.304 e. The van der Waals surface area contributed by atoms with Crippen molar-refractivity contribution in [2.75, 3.05) is 6.54 Å². The third-order valence-corrected chi connectivity index (χ3v) is 3.73. The molecular formula is C17H25NO2. The predicted molar refractivity (Wildman–Crippen MR) is 80.7 cm³/mol. The summed E-state index contributed by atoms with van der Waals surface area (Å²) in [6.07, 6.45) is 3.78. The zero-order valence-electron chi connectivity index (χ0n) is 12.5. The van der Waals surface area contributed by atoms with E-state index >= 15 is 0 Å². The van der Waals surface area contributed by atoms with Crippen LogP contribution in [0.25, 0.3) is 0 Å². The average Bonchev–Trinajstić information content (AvgIpc) is 3.20. The molecule has 1 aliphatic rings. The summed E-state index contributed by atoms with van der Waals surface area (Å²) in [5.74, 6) is -0.0256. The van der Waals surface area contributed by atoms with Crippen molar-refractivity contribution in [3.8, 4) is 0 Å². The quantitative estimate of drug-likeness (QED) is 0.791. The van der Waals surface area contributed by atoms with Crippen molar-refractivity contribution in [1.29, 1.82) is 0 Å². The Hall–Kier alpha value is -1.35. The van der Waals surface area contributed by atoms with Gasteiger partial charge in [-0.2, -0.15) is 0 Å². The number of hydrogen-bond donors (Lipinski definition) is 1. The van der Waals surface area contributed by atoms with E-state index in [-0.39, 0.29) is 6.42 Å². The van der Waals surface area contributed by atoms with Crippen LogP contribution in [-0.2, 0) is 17.8 Å². The lowest BCUT2D eigenvalue weighted by atomic mass is 10.0. The highest BCUT2D eigenvalue weighted by Gasteiger charge is 2.28. The summed E-state index contributed by atoms with van der Waals surface area (Å²) in [6, 6.07) is 9.39. The molecule has 1 aliphatic carbocycles. The number of nitrogens with zero attached hydrogens (tertiary/aromatic N) is 1. The smallest absolute Gasteiger partial charge is 0.304 e. The van der Waals surface area contributed by atoms with Crippen molar-refractivity contribution in [1.82, 2.24) is 4.90 Å². The molecule has 0 heterocycles. The van der Waals surface area contributed by atoms with Crippen LogP contribution in [0.3, 0.4) is 0 Å². The van der Waals surface area contributed by atoms with E-state index in [9.17, 15) is 4.79 Å². The minimum absolute atomic E-state index is 0.238. The fourth-order valence-electron chi connectivity index (χ4n) is 2.56. The van der Waals surface area contributed by atoms with Gasteiger partial charge in [0.2, 0.25) is 0 Å². The van der Waals surface area contributed by atoms with Crippen molar-refractivity contribution in [2.45, 2.75) is 52.1 Å². The average molecular weight is 275 g/mol. The highest BCUT2D eigenvalue weighted by molar-refractivity contribution is 5.66. The largest absolute Gasteiger partial charge is 0.481 e. The molecule has 0 unspecified atom stereocenters.